The van der Waals surface area contributed by atoms with Gasteiger partial charge < -0.3 is 52.8 Å². The number of hydrogen-bond acceptors (Lipinski definition) is 13. The Kier molecular flexibility index (Phi) is 17.2. The van der Waals surface area contributed by atoms with Crippen LogP contribution < -0.4 is 0 Å². The number of rotatable bonds is 17. The molecule has 2 saturated carbocycles. The summed E-state index contributed by atoms with van der Waals surface area (Å²) in [4.78, 5) is 32.7. The molecule has 2 aliphatic carbocycles. The Morgan fingerprint density at radius 2 is 1.08 bits per heavy atom. The number of epoxide rings is 4. The molecule has 19 heteroatoms. The van der Waals surface area contributed by atoms with E-state index in [0.29, 0.717) is 83.1 Å². The fraction of sp³-hybridized carbons (Fsp3) is 0.923. The van der Waals surface area contributed by atoms with E-state index in [4.69, 9.17) is 43.0 Å². The Morgan fingerprint density at radius 3 is 1.44 bits per heavy atom. The Morgan fingerprint density at radius 1 is 0.690 bits per heavy atom. The third-order valence-electron chi connectivity index (χ3n) is 17.2. The van der Waals surface area contributed by atoms with E-state index in [0.717, 1.165) is 52.1 Å². The van der Waals surface area contributed by atoms with Gasteiger partial charge in [-0.05, 0) is 116 Å². The van der Waals surface area contributed by atoms with Gasteiger partial charge in [0.15, 0.2) is 0 Å². The number of allylic oxidation sites excluding steroid dienone is 1. The number of likely N-dealkylation sites (tertiary alicyclic amines) is 4. The number of carbonyl (C=O) groups excluding carboxylic acids is 2. The predicted molar refractivity (Wildman–Crippen MR) is 257 cm³/mol. The highest BCUT2D eigenvalue weighted by Gasteiger charge is 2.74. The molecule has 1 N–H and O–H groups in total. The molecule has 0 aromatic carbocycles. The minimum absolute atomic E-state index is 0. The van der Waals surface area contributed by atoms with Crippen LogP contribution >= 0.6 is 0 Å². The first kappa shape index (κ1) is 56.4. The maximum absolute atomic E-state index is 13.0. The molecule has 0 bridgehead atoms. The van der Waals surface area contributed by atoms with Crippen molar-refractivity contribution in [2.45, 2.75) is 178 Å². The van der Waals surface area contributed by atoms with Crippen molar-refractivity contribution >= 4 is 12.2 Å². The number of aliphatic hydroxyl groups excluding tert-OH is 1. The van der Waals surface area contributed by atoms with Crippen LogP contribution in [0, 0.1) is 29.6 Å². The average Bonchev–Trinajstić information content (AvgIpc) is 4.14. The van der Waals surface area contributed by atoms with Crippen molar-refractivity contribution in [1.29, 1.82) is 0 Å². The maximum atomic E-state index is 13.0. The van der Waals surface area contributed by atoms with Gasteiger partial charge >= 0.3 is 12.2 Å². The van der Waals surface area contributed by atoms with Crippen molar-refractivity contribution in [3.63, 3.8) is 0 Å². The zero-order valence-corrected chi connectivity index (χ0v) is 43.1. The molecule has 2 spiro atoms. The Labute approximate surface area is 419 Å². The molecule has 12 atom stereocenters. The van der Waals surface area contributed by atoms with E-state index in [1.807, 2.05) is 0 Å². The molecule has 408 valence electrons. The lowest BCUT2D eigenvalue weighted by atomic mass is 9.68. The summed E-state index contributed by atoms with van der Waals surface area (Å²) in [5, 5.41) is 7.00. The van der Waals surface area contributed by atoms with Gasteiger partial charge in [-0.2, -0.15) is 0 Å². The average molecular weight is 1020 g/mol. The summed E-state index contributed by atoms with van der Waals surface area (Å²) in [5.74, 6) is -3.68. The molecule has 10 aliphatic rings. The quantitative estimate of drug-likeness (QED) is 0.0884. The zero-order chi connectivity index (χ0) is 50.6. The van der Waals surface area contributed by atoms with Crippen molar-refractivity contribution in [3.8, 4) is 0 Å². The molecule has 0 radical (unpaired) electrons. The molecule has 15 nitrogen and oxygen atoms in total. The summed E-state index contributed by atoms with van der Waals surface area (Å²) in [7, 11) is 4.36. The standard InChI is InChI=1S/C25H40F2N2O5.C25H38F2N2O5.CH4O.CH4/c2*1-16(2)5-6-19-23(3,34-19)21-20(31-4)18(7-9-24(21)15-32-24)33-22(30)29-11-17(12-29)8-10-28-13-25(26,27)14-28;1-2;/h16-21H,5-15H2,1-4H3;5,17-21H,6-15H2,1-4H3;2H,1H3;1H4/t2*18-,19-,20-,21-,23+,24+;;/m11../s1. The fourth-order valence-corrected chi connectivity index (χ4v) is 12.8. The summed E-state index contributed by atoms with van der Waals surface area (Å²) >= 11 is 0. The Balaban J connectivity index is 0.000000199. The van der Waals surface area contributed by atoms with Gasteiger partial charge in [0, 0.05) is 47.5 Å². The molecule has 10 fully saturated rings. The number of nitrogens with zero attached hydrogens (tertiary/aromatic N) is 4. The van der Waals surface area contributed by atoms with Crippen molar-refractivity contribution < 1.29 is 70.2 Å². The summed E-state index contributed by atoms with van der Waals surface area (Å²) in [6.45, 7) is 17.6. The monoisotopic (exact) mass is 1020 g/mol. The minimum Gasteiger partial charge on any atom is -0.443 e. The van der Waals surface area contributed by atoms with E-state index < -0.39 is 11.8 Å². The highest BCUT2D eigenvalue weighted by atomic mass is 19.3. The summed E-state index contributed by atoms with van der Waals surface area (Å²) in [6, 6.07) is 0. The third kappa shape index (κ3) is 12.3. The molecule has 0 aromatic heterocycles. The molecular weight excluding hydrogens is 933 g/mol. The van der Waals surface area contributed by atoms with E-state index in [-0.39, 0.29) is 117 Å². The zero-order valence-electron chi connectivity index (χ0n) is 43.1. The van der Waals surface area contributed by atoms with Gasteiger partial charge in [0.05, 0.1) is 63.4 Å². The number of hydrogen-bond donors (Lipinski definition) is 1. The number of amides is 2. The molecule has 0 aromatic rings. The van der Waals surface area contributed by atoms with Crippen LogP contribution in [0.4, 0.5) is 27.2 Å². The Hall–Kier alpha value is -2.36. The number of ether oxygens (including phenoxy) is 8. The van der Waals surface area contributed by atoms with Crippen molar-refractivity contribution in [1.82, 2.24) is 19.6 Å². The number of halogens is 4. The van der Waals surface area contributed by atoms with E-state index in [2.05, 4.69) is 47.6 Å². The smallest absolute Gasteiger partial charge is 0.410 e. The van der Waals surface area contributed by atoms with Gasteiger partial charge in [0.2, 0.25) is 0 Å². The van der Waals surface area contributed by atoms with Crippen LogP contribution in [0.25, 0.3) is 0 Å². The Bertz CT molecular complexity index is 1840. The number of aliphatic hydroxyl groups is 1. The fourth-order valence-electron chi connectivity index (χ4n) is 12.8. The number of alkyl halides is 4. The normalized spacial score (nSPS) is 39.5. The third-order valence-corrected chi connectivity index (χ3v) is 17.2. The van der Waals surface area contributed by atoms with E-state index in [1.54, 1.807) is 33.8 Å². The lowest BCUT2D eigenvalue weighted by Gasteiger charge is -2.45. The highest BCUT2D eigenvalue weighted by molar-refractivity contribution is 5.69. The molecular formula is C52H86F4N4O11. The molecule has 8 saturated heterocycles. The number of methoxy groups -OCH3 is 2. The van der Waals surface area contributed by atoms with Crippen LogP contribution in [0.5, 0.6) is 0 Å². The van der Waals surface area contributed by atoms with E-state index in [1.165, 1.54) is 5.57 Å². The maximum Gasteiger partial charge on any atom is 0.410 e. The van der Waals surface area contributed by atoms with Gasteiger partial charge in [-0.15, -0.1) is 0 Å². The second-order valence-corrected chi connectivity index (χ2v) is 23.3. The van der Waals surface area contributed by atoms with Gasteiger partial charge in [-0.25, -0.2) is 27.2 Å². The number of carbonyl (C=O) groups is 2. The first-order chi connectivity index (χ1) is 33.1. The lowest BCUT2D eigenvalue weighted by molar-refractivity contribution is -0.134. The molecule has 2 amide bonds. The van der Waals surface area contributed by atoms with Gasteiger partial charge in [-0.1, -0.05) is 32.9 Å². The molecule has 0 unspecified atom stereocenters. The molecule has 71 heavy (non-hydrogen) atoms. The minimum atomic E-state index is -2.52. The predicted octanol–water partition coefficient (Wildman–Crippen LogP) is 7.27. The second-order valence-electron chi connectivity index (χ2n) is 23.3. The van der Waals surface area contributed by atoms with Gasteiger partial charge in [-0.3, -0.25) is 9.80 Å². The largest absolute Gasteiger partial charge is 0.443 e. The first-order valence-electron chi connectivity index (χ1n) is 26.0. The van der Waals surface area contributed by atoms with Crippen LogP contribution in [0.3, 0.4) is 0 Å². The van der Waals surface area contributed by atoms with Crippen LogP contribution in [-0.2, 0) is 37.9 Å². The molecule has 10 rings (SSSR count). The van der Waals surface area contributed by atoms with Crippen molar-refractivity contribution in [2.24, 2.45) is 29.6 Å². The topological polar surface area (TPSA) is 154 Å². The van der Waals surface area contributed by atoms with Crippen molar-refractivity contribution in [3.05, 3.63) is 11.6 Å². The van der Waals surface area contributed by atoms with E-state index >= 15 is 0 Å². The van der Waals surface area contributed by atoms with Crippen molar-refractivity contribution in [2.75, 3.05) is 100.0 Å². The van der Waals surface area contributed by atoms with Crippen LogP contribution in [0.15, 0.2) is 11.6 Å². The lowest BCUT2D eigenvalue weighted by Crippen LogP contribution is -2.59. The van der Waals surface area contributed by atoms with Crippen LogP contribution in [-0.4, -0.2) is 208 Å². The van der Waals surface area contributed by atoms with Gasteiger partial charge in [0.1, 0.15) is 46.8 Å². The van der Waals surface area contributed by atoms with Crippen LogP contribution in [0.1, 0.15) is 107 Å². The molecule has 8 heterocycles. The summed E-state index contributed by atoms with van der Waals surface area (Å²) in [6.07, 6.45) is 8.42. The summed E-state index contributed by atoms with van der Waals surface area (Å²) in [5.41, 5.74) is 0.134. The summed E-state index contributed by atoms with van der Waals surface area (Å²) < 4.78 is 100. The van der Waals surface area contributed by atoms with Gasteiger partial charge in [0.25, 0.3) is 11.8 Å². The second kappa shape index (κ2) is 21.7. The molecule has 8 aliphatic heterocycles. The van der Waals surface area contributed by atoms with E-state index in [9.17, 15) is 27.2 Å². The first-order valence-corrected chi connectivity index (χ1v) is 26.0. The SMILES string of the molecule is C.CO.CO[C@@H]1[C@H](OC(=O)N2CC(CCN3CC(F)(F)C3)C2)CC[C@]2(CO2)[C@H]1[C@@]1(C)O[C@@H]1CC=C(C)C.CO[C@@H]1[C@H](OC(=O)N2CC(CCN3CC(F)(F)C3)C2)CC[C@]2(CO2)[C@H]1[C@@]1(C)O[C@@H]1CCC(C)C. The van der Waals surface area contributed by atoms with Crippen LogP contribution in [0.2, 0.25) is 0 Å². The highest BCUT2D eigenvalue weighted by Crippen LogP contribution is 2.61.